The number of methoxy groups -OCH3 is 1. The molecule has 0 bridgehead atoms. The van der Waals surface area contributed by atoms with E-state index < -0.39 is 5.97 Å². The molecule has 0 saturated carbocycles. The Bertz CT molecular complexity index is 526. The van der Waals surface area contributed by atoms with Crippen LogP contribution in [0.15, 0.2) is 22.6 Å². The van der Waals surface area contributed by atoms with E-state index in [1.165, 1.54) is 13.2 Å². The van der Waals surface area contributed by atoms with Crippen molar-refractivity contribution >= 4 is 16.9 Å². The van der Waals surface area contributed by atoms with Crippen LogP contribution in [0.2, 0.25) is 0 Å². The third kappa shape index (κ3) is 1.28. The average molecular weight is 208 g/mol. The molecular formula is C10H8O5. The van der Waals surface area contributed by atoms with Crippen LogP contribution in [0.5, 0.6) is 11.5 Å². The van der Waals surface area contributed by atoms with Crippen LogP contribution < -0.4 is 4.74 Å². The predicted octanol–water partition coefficient (Wildman–Crippen LogP) is 1.85. The lowest BCUT2D eigenvalue weighted by Crippen LogP contribution is -1.96. The van der Waals surface area contributed by atoms with Gasteiger partial charge in [-0.2, -0.15) is 0 Å². The third-order valence-corrected chi connectivity index (χ3v) is 2.05. The van der Waals surface area contributed by atoms with Crippen LogP contribution in [0.3, 0.4) is 0 Å². The van der Waals surface area contributed by atoms with Crippen molar-refractivity contribution in [3.8, 4) is 11.5 Å². The molecule has 0 unspecified atom stereocenters. The monoisotopic (exact) mass is 208 g/mol. The number of phenolic OH excluding ortho intramolecular Hbond substituents is 1. The lowest BCUT2D eigenvalue weighted by atomic mass is 10.2. The summed E-state index contributed by atoms with van der Waals surface area (Å²) in [5, 5.41) is 18.7. The Hall–Kier alpha value is -2.17. The number of para-hydroxylation sites is 1. The molecular weight excluding hydrogens is 200 g/mol. The van der Waals surface area contributed by atoms with Gasteiger partial charge in [-0.25, -0.2) is 4.79 Å². The van der Waals surface area contributed by atoms with Gasteiger partial charge in [-0.15, -0.1) is 0 Å². The predicted molar refractivity (Wildman–Crippen MR) is 51.4 cm³/mol. The molecule has 1 aromatic carbocycles. The Morgan fingerprint density at radius 1 is 1.47 bits per heavy atom. The van der Waals surface area contributed by atoms with E-state index >= 15 is 0 Å². The molecule has 5 nitrogen and oxygen atoms in total. The Kier molecular flexibility index (Phi) is 2.00. The van der Waals surface area contributed by atoms with Crippen molar-refractivity contribution in [2.45, 2.75) is 0 Å². The smallest absolute Gasteiger partial charge is 0.375 e. The summed E-state index contributed by atoms with van der Waals surface area (Å²) in [6.45, 7) is 0. The second-order valence-electron chi connectivity index (χ2n) is 2.92. The van der Waals surface area contributed by atoms with E-state index in [1.54, 1.807) is 12.1 Å². The number of fused-ring (bicyclic) bond motifs is 1. The number of aromatic hydroxyl groups is 1. The van der Waals surface area contributed by atoms with Crippen molar-refractivity contribution in [3.05, 3.63) is 24.0 Å². The Morgan fingerprint density at radius 2 is 2.20 bits per heavy atom. The molecule has 2 rings (SSSR count). The highest BCUT2D eigenvalue weighted by Gasteiger charge is 2.22. The van der Waals surface area contributed by atoms with Crippen LogP contribution in [0.25, 0.3) is 11.0 Å². The summed E-state index contributed by atoms with van der Waals surface area (Å²) in [4.78, 5) is 10.8. The van der Waals surface area contributed by atoms with Gasteiger partial charge in [-0.05, 0) is 12.1 Å². The molecule has 0 spiro atoms. The van der Waals surface area contributed by atoms with Crippen molar-refractivity contribution < 1.29 is 24.2 Å². The number of carbonyl (C=O) groups is 1. The van der Waals surface area contributed by atoms with Crippen molar-refractivity contribution in [1.82, 2.24) is 0 Å². The van der Waals surface area contributed by atoms with Gasteiger partial charge < -0.3 is 19.4 Å². The number of aromatic carboxylic acids is 1. The quantitative estimate of drug-likeness (QED) is 0.787. The topological polar surface area (TPSA) is 79.9 Å². The second kappa shape index (κ2) is 3.20. The first kappa shape index (κ1) is 9.39. The third-order valence-electron chi connectivity index (χ3n) is 2.05. The van der Waals surface area contributed by atoms with Crippen LogP contribution in [0.1, 0.15) is 10.6 Å². The average Bonchev–Trinajstić information content (AvgIpc) is 2.57. The van der Waals surface area contributed by atoms with E-state index in [0.717, 1.165) is 0 Å². The van der Waals surface area contributed by atoms with Crippen LogP contribution in [-0.4, -0.2) is 23.3 Å². The van der Waals surface area contributed by atoms with Gasteiger partial charge in [-0.1, -0.05) is 6.07 Å². The fourth-order valence-corrected chi connectivity index (χ4v) is 1.43. The number of hydrogen-bond acceptors (Lipinski definition) is 4. The van der Waals surface area contributed by atoms with Gasteiger partial charge in [0.25, 0.3) is 5.76 Å². The van der Waals surface area contributed by atoms with E-state index in [9.17, 15) is 9.90 Å². The summed E-state index contributed by atoms with van der Waals surface area (Å²) < 4.78 is 9.94. The summed E-state index contributed by atoms with van der Waals surface area (Å²) in [6, 6.07) is 4.61. The summed E-state index contributed by atoms with van der Waals surface area (Å²) in [5.74, 6) is -1.54. The molecule has 78 valence electrons. The van der Waals surface area contributed by atoms with Gasteiger partial charge in [-0.3, -0.25) is 0 Å². The van der Waals surface area contributed by atoms with Crippen LogP contribution in [-0.2, 0) is 0 Å². The summed E-state index contributed by atoms with van der Waals surface area (Å²) in [6.07, 6.45) is 0. The summed E-state index contributed by atoms with van der Waals surface area (Å²) in [5.41, 5.74) is 0.117. The number of benzene rings is 1. The number of rotatable bonds is 2. The van der Waals surface area contributed by atoms with E-state index in [-0.39, 0.29) is 22.8 Å². The maximum absolute atomic E-state index is 10.8. The zero-order valence-corrected chi connectivity index (χ0v) is 7.85. The van der Waals surface area contributed by atoms with Crippen molar-refractivity contribution in [2.24, 2.45) is 0 Å². The maximum atomic E-state index is 10.8. The van der Waals surface area contributed by atoms with Crippen LogP contribution in [0.4, 0.5) is 0 Å². The SMILES string of the molecule is COc1c(C(=O)O)oc2c(O)cccc12. The zero-order chi connectivity index (χ0) is 11.0. The van der Waals surface area contributed by atoms with E-state index in [4.69, 9.17) is 14.3 Å². The summed E-state index contributed by atoms with van der Waals surface area (Å²) in [7, 11) is 1.35. The Morgan fingerprint density at radius 3 is 2.80 bits per heavy atom. The van der Waals surface area contributed by atoms with Crippen LogP contribution >= 0.6 is 0 Å². The number of carboxylic acid groups (broad SMARTS) is 1. The highest BCUT2D eigenvalue weighted by atomic mass is 16.5. The summed E-state index contributed by atoms with van der Waals surface area (Å²) >= 11 is 0. The molecule has 0 atom stereocenters. The molecule has 0 aliphatic rings. The first-order valence-corrected chi connectivity index (χ1v) is 4.17. The minimum absolute atomic E-state index is 0.113. The molecule has 0 saturated heterocycles. The van der Waals surface area contributed by atoms with E-state index in [0.29, 0.717) is 5.39 Å². The molecule has 2 aromatic rings. The number of carboxylic acids is 1. The molecule has 15 heavy (non-hydrogen) atoms. The Balaban J connectivity index is 2.84. The van der Waals surface area contributed by atoms with Gasteiger partial charge in [0.2, 0.25) is 0 Å². The number of hydrogen-bond donors (Lipinski definition) is 2. The molecule has 0 aliphatic heterocycles. The number of phenols is 1. The van der Waals surface area contributed by atoms with Crippen molar-refractivity contribution in [3.63, 3.8) is 0 Å². The van der Waals surface area contributed by atoms with Gasteiger partial charge in [0.1, 0.15) is 0 Å². The van der Waals surface area contributed by atoms with Gasteiger partial charge >= 0.3 is 5.97 Å². The zero-order valence-electron chi connectivity index (χ0n) is 7.85. The second-order valence-corrected chi connectivity index (χ2v) is 2.92. The number of furan rings is 1. The van der Waals surface area contributed by atoms with E-state index in [2.05, 4.69) is 0 Å². The lowest BCUT2D eigenvalue weighted by molar-refractivity contribution is 0.0660. The number of ether oxygens (including phenoxy) is 1. The molecule has 2 N–H and O–H groups in total. The highest BCUT2D eigenvalue weighted by molar-refractivity contribution is 5.99. The Labute approximate surface area is 84.5 Å². The largest absolute Gasteiger partial charge is 0.504 e. The minimum atomic E-state index is -1.23. The van der Waals surface area contributed by atoms with Crippen molar-refractivity contribution in [1.29, 1.82) is 0 Å². The van der Waals surface area contributed by atoms with Gasteiger partial charge in [0.05, 0.1) is 12.5 Å². The van der Waals surface area contributed by atoms with Gasteiger partial charge in [0, 0.05) is 0 Å². The standard InChI is InChI=1S/C10H8O5/c1-14-8-5-3-2-4-6(11)7(5)15-9(8)10(12)13/h2-4,11H,1H3,(H,12,13). The maximum Gasteiger partial charge on any atom is 0.375 e. The normalized spacial score (nSPS) is 10.5. The highest BCUT2D eigenvalue weighted by Crippen LogP contribution is 2.37. The first-order valence-electron chi connectivity index (χ1n) is 4.17. The van der Waals surface area contributed by atoms with E-state index in [1.807, 2.05) is 0 Å². The molecule has 1 aromatic heterocycles. The van der Waals surface area contributed by atoms with Crippen molar-refractivity contribution in [2.75, 3.05) is 7.11 Å². The first-order chi connectivity index (χ1) is 7.15. The molecule has 0 aliphatic carbocycles. The minimum Gasteiger partial charge on any atom is -0.504 e. The molecule has 0 amide bonds. The fourth-order valence-electron chi connectivity index (χ4n) is 1.43. The fraction of sp³-hybridized carbons (Fsp3) is 0.100. The van der Waals surface area contributed by atoms with Gasteiger partial charge in [0.15, 0.2) is 17.1 Å². The molecule has 0 fully saturated rings. The van der Waals surface area contributed by atoms with Crippen LogP contribution in [0, 0.1) is 0 Å². The molecule has 1 heterocycles. The lowest BCUT2D eigenvalue weighted by Gasteiger charge is -1.96. The molecule has 0 radical (unpaired) electrons. The molecule has 5 heteroatoms.